The average molecular weight is 326 g/mol. The molecule has 2 aromatic carbocycles. The van der Waals surface area contributed by atoms with E-state index in [0.29, 0.717) is 24.2 Å². The molecular formula is C19H19FN2O2. The van der Waals surface area contributed by atoms with Crippen molar-refractivity contribution in [2.75, 3.05) is 10.6 Å². The number of nitrogens with one attached hydrogen (secondary N) is 2. The average Bonchev–Trinajstić information content (AvgIpc) is 3.32. The number of benzene rings is 2. The molecule has 4 nitrogen and oxygen atoms in total. The zero-order chi connectivity index (χ0) is 17.3. The van der Waals surface area contributed by atoms with Crippen molar-refractivity contribution < 1.29 is 14.0 Å². The largest absolute Gasteiger partial charge is 0.325 e. The number of amides is 2. The number of hydrogen-bond donors (Lipinski definition) is 2. The summed E-state index contributed by atoms with van der Waals surface area (Å²) in [6.45, 7) is 3.89. The highest BCUT2D eigenvalue weighted by Crippen LogP contribution is 2.47. The van der Waals surface area contributed by atoms with Crippen LogP contribution in [0.4, 0.5) is 15.8 Å². The minimum atomic E-state index is -1.07. The minimum Gasteiger partial charge on any atom is -0.325 e. The van der Waals surface area contributed by atoms with Gasteiger partial charge < -0.3 is 10.6 Å². The molecule has 0 heterocycles. The number of carbonyl (C=O) groups is 2. The maximum absolute atomic E-state index is 13.2. The molecule has 0 aliphatic heterocycles. The molecule has 2 N–H and O–H groups in total. The molecule has 2 amide bonds. The Balaban J connectivity index is 1.73. The van der Waals surface area contributed by atoms with Crippen molar-refractivity contribution in [1.29, 1.82) is 0 Å². The zero-order valence-electron chi connectivity index (χ0n) is 13.7. The first-order valence-corrected chi connectivity index (χ1v) is 7.86. The quantitative estimate of drug-likeness (QED) is 0.840. The standard InChI is InChI=1S/C19H19FN2O2/c1-12-6-7-16(13(2)10-12)22-18(24)19(8-9-19)17(23)21-15-5-3-4-14(20)11-15/h3-7,10-11H,8-9H2,1-2H3,(H,21,23)(H,22,24). The lowest BCUT2D eigenvalue weighted by molar-refractivity contribution is -0.131. The third kappa shape index (κ3) is 3.15. The van der Waals surface area contributed by atoms with Gasteiger partial charge in [0.25, 0.3) is 0 Å². The first kappa shape index (κ1) is 16.2. The lowest BCUT2D eigenvalue weighted by Gasteiger charge is -2.16. The van der Waals surface area contributed by atoms with Crippen molar-refractivity contribution in [3.63, 3.8) is 0 Å². The van der Waals surface area contributed by atoms with Crippen LogP contribution in [0.2, 0.25) is 0 Å². The van der Waals surface area contributed by atoms with Gasteiger partial charge in [0.2, 0.25) is 11.8 Å². The van der Waals surface area contributed by atoms with Crippen LogP contribution in [0.25, 0.3) is 0 Å². The van der Waals surface area contributed by atoms with Crippen molar-refractivity contribution in [2.24, 2.45) is 5.41 Å². The normalized spacial score (nSPS) is 14.8. The van der Waals surface area contributed by atoms with Crippen LogP contribution in [0, 0.1) is 25.1 Å². The van der Waals surface area contributed by atoms with Gasteiger partial charge in [0, 0.05) is 11.4 Å². The SMILES string of the molecule is Cc1ccc(NC(=O)C2(C(=O)Nc3cccc(F)c3)CC2)c(C)c1. The maximum Gasteiger partial charge on any atom is 0.240 e. The van der Waals surface area contributed by atoms with E-state index in [-0.39, 0.29) is 5.91 Å². The fourth-order valence-electron chi connectivity index (χ4n) is 2.70. The van der Waals surface area contributed by atoms with Gasteiger partial charge in [0.15, 0.2) is 0 Å². The minimum absolute atomic E-state index is 0.316. The molecule has 1 aliphatic carbocycles. The Labute approximate surface area is 140 Å². The maximum atomic E-state index is 13.2. The van der Waals surface area contributed by atoms with Gasteiger partial charge in [-0.1, -0.05) is 23.8 Å². The highest BCUT2D eigenvalue weighted by atomic mass is 19.1. The molecule has 24 heavy (non-hydrogen) atoms. The molecule has 0 unspecified atom stereocenters. The van der Waals surface area contributed by atoms with E-state index >= 15 is 0 Å². The van der Waals surface area contributed by atoms with E-state index in [1.54, 1.807) is 6.07 Å². The van der Waals surface area contributed by atoms with Crippen molar-refractivity contribution >= 4 is 23.2 Å². The summed E-state index contributed by atoms with van der Waals surface area (Å²) in [7, 11) is 0. The zero-order valence-corrected chi connectivity index (χ0v) is 13.7. The van der Waals surface area contributed by atoms with Crippen LogP contribution in [-0.2, 0) is 9.59 Å². The molecule has 0 radical (unpaired) electrons. The van der Waals surface area contributed by atoms with Crippen molar-refractivity contribution in [1.82, 2.24) is 0 Å². The number of anilines is 2. The van der Waals surface area contributed by atoms with Gasteiger partial charge in [0.1, 0.15) is 11.2 Å². The van der Waals surface area contributed by atoms with Crippen molar-refractivity contribution in [2.45, 2.75) is 26.7 Å². The second-order valence-electron chi connectivity index (χ2n) is 6.32. The molecule has 1 fully saturated rings. The molecule has 124 valence electrons. The van der Waals surface area contributed by atoms with Crippen LogP contribution >= 0.6 is 0 Å². The smallest absolute Gasteiger partial charge is 0.240 e. The van der Waals surface area contributed by atoms with Crippen LogP contribution < -0.4 is 10.6 Å². The van der Waals surface area contributed by atoms with Crippen LogP contribution in [0.15, 0.2) is 42.5 Å². The van der Waals surface area contributed by atoms with E-state index in [1.165, 1.54) is 18.2 Å². The molecule has 0 atom stereocenters. The molecular weight excluding hydrogens is 307 g/mol. The second-order valence-corrected chi connectivity index (χ2v) is 6.32. The highest BCUT2D eigenvalue weighted by Gasteiger charge is 2.56. The predicted molar refractivity (Wildman–Crippen MR) is 91.2 cm³/mol. The van der Waals surface area contributed by atoms with E-state index in [1.807, 2.05) is 32.0 Å². The Morgan fingerprint density at radius 3 is 2.33 bits per heavy atom. The number of hydrogen-bond acceptors (Lipinski definition) is 2. The van der Waals surface area contributed by atoms with Gasteiger partial charge in [-0.25, -0.2) is 4.39 Å². The fourth-order valence-corrected chi connectivity index (χ4v) is 2.70. The van der Waals surface area contributed by atoms with Gasteiger partial charge in [-0.3, -0.25) is 9.59 Å². The highest BCUT2D eigenvalue weighted by molar-refractivity contribution is 6.17. The molecule has 0 aromatic heterocycles. The number of carbonyl (C=O) groups excluding carboxylic acids is 2. The van der Waals surface area contributed by atoms with Crippen LogP contribution in [0.1, 0.15) is 24.0 Å². The fraction of sp³-hybridized carbons (Fsp3) is 0.263. The summed E-state index contributed by atoms with van der Waals surface area (Å²) < 4.78 is 13.2. The number of aryl methyl sites for hydroxylation is 2. The Hall–Kier alpha value is -2.69. The molecule has 1 saturated carbocycles. The van der Waals surface area contributed by atoms with Gasteiger partial charge in [-0.15, -0.1) is 0 Å². The second kappa shape index (κ2) is 6.07. The van der Waals surface area contributed by atoms with Crippen molar-refractivity contribution in [3.8, 4) is 0 Å². The summed E-state index contributed by atoms with van der Waals surface area (Å²) >= 11 is 0. The van der Waals surface area contributed by atoms with E-state index in [2.05, 4.69) is 10.6 Å². The van der Waals surface area contributed by atoms with Crippen LogP contribution in [0.3, 0.4) is 0 Å². The molecule has 2 aromatic rings. The monoisotopic (exact) mass is 326 g/mol. The van der Waals surface area contributed by atoms with Gasteiger partial charge in [-0.05, 0) is 56.5 Å². The third-order valence-corrected chi connectivity index (χ3v) is 4.33. The lowest BCUT2D eigenvalue weighted by Crippen LogP contribution is -2.35. The van der Waals surface area contributed by atoms with Gasteiger partial charge in [0.05, 0.1) is 0 Å². The van der Waals surface area contributed by atoms with Crippen LogP contribution in [-0.4, -0.2) is 11.8 Å². The molecule has 5 heteroatoms. The summed E-state index contributed by atoms with van der Waals surface area (Å²) in [5.74, 6) is -1.14. The van der Waals surface area contributed by atoms with Gasteiger partial charge in [-0.2, -0.15) is 0 Å². The van der Waals surface area contributed by atoms with E-state index < -0.39 is 17.1 Å². The number of halogens is 1. The van der Waals surface area contributed by atoms with E-state index in [9.17, 15) is 14.0 Å². The topological polar surface area (TPSA) is 58.2 Å². The van der Waals surface area contributed by atoms with E-state index in [0.717, 1.165) is 11.1 Å². The molecule has 0 spiro atoms. The molecule has 3 rings (SSSR count). The molecule has 1 aliphatic rings. The Kier molecular flexibility index (Phi) is 4.09. The first-order chi connectivity index (χ1) is 11.4. The Morgan fingerprint density at radius 2 is 1.71 bits per heavy atom. The summed E-state index contributed by atoms with van der Waals surface area (Å²) in [4.78, 5) is 25.1. The summed E-state index contributed by atoms with van der Waals surface area (Å²) in [6.07, 6.45) is 0.982. The molecule has 0 bridgehead atoms. The summed E-state index contributed by atoms with van der Waals surface area (Å²) in [6, 6.07) is 11.4. The van der Waals surface area contributed by atoms with Gasteiger partial charge >= 0.3 is 0 Å². The Bertz CT molecular complexity index is 813. The third-order valence-electron chi connectivity index (χ3n) is 4.33. The summed E-state index contributed by atoms with van der Waals surface area (Å²) in [5, 5.41) is 5.48. The van der Waals surface area contributed by atoms with Crippen molar-refractivity contribution in [3.05, 3.63) is 59.4 Å². The predicted octanol–water partition coefficient (Wildman–Crippen LogP) is 3.80. The molecule has 0 saturated heterocycles. The lowest BCUT2D eigenvalue weighted by atomic mass is 10.0. The Morgan fingerprint density at radius 1 is 1.00 bits per heavy atom. The van der Waals surface area contributed by atoms with E-state index in [4.69, 9.17) is 0 Å². The number of rotatable bonds is 4. The van der Waals surface area contributed by atoms with Crippen LogP contribution in [0.5, 0.6) is 0 Å². The summed E-state index contributed by atoms with van der Waals surface area (Å²) in [5.41, 5.74) is 2.05. The first-order valence-electron chi connectivity index (χ1n) is 7.86.